The van der Waals surface area contributed by atoms with Gasteiger partial charge in [-0.25, -0.2) is 4.98 Å². The lowest BCUT2D eigenvalue weighted by atomic mass is 10.1. The fraction of sp³-hybridized carbons (Fsp3) is 0.750. The third kappa shape index (κ3) is 2.72. The topological polar surface area (TPSA) is 79.5 Å². The quantitative estimate of drug-likeness (QED) is 0.646. The Kier molecular flexibility index (Phi) is 4.34. The molecule has 1 aliphatic rings. The Hall–Kier alpha value is -0.950. The van der Waals surface area contributed by atoms with Crippen molar-refractivity contribution in [1.29, 1.82) is 0 Å². The van der Waals surface area contributed by atoms with Crippen LogP contribution in [0.2, 0.25) is 0 Å². The molecule has 1 heterocycles. The van der Waals surface area contributed by atoms with Gasteiger partial charge < -0.3 is 24.8 Å². The minimum Gasteiger partial charge on any atom is -0.390 e. The maximum atomic E-state index is 9.96. The smallest absolute Gasteiger partial charge is 0.122 e. The third-order valence-electron chi connectivity index (χ3n) is 3.63. The van der Waals surface area contributed by atoms with E-state index in [2.05, 4.69) is 10.3 Å². The van der Waals surface area contributed by atoms with Gasteiger partial charge in [0, 0.05) is 38.5 Å². The number of nitrogens with one attached hydrogen (secondary N) is 1. The van der Waals surface area contributed by atoms with Gasteiger partial charge >= 0.3 is 0 Å². The van der Waals surface area contributed by atoms with Gasteiger partial charge in [0.15, 0.2) is 0 Å². The molecule has 18 heavy (non-hydrogen) atoms. The number of aliphatic hydroxyl groups excluding tert-OH is 2. The largest absolute Gasteiger partial charge is 0.390 e. The number of aryl methyl sites for hydroxylation is 1. The van der Waals surface area contributed by atoms with Gasteiger partial charge in [0.25, 0.3) is 0 Å². The van der Waals surface area contributed by atoms with E-state index in [1.54, 1.807) is 13.3 Å². The van der Waals surface area contributed by atoms with Crippen LogP contribution in [0.1, 0.15) is 12.2 Å². The van der Waals surface area contributed by atoms with E-state index in [9.17, 15) is 10.2 Å². The highest BCUT2D eigenvalue weighted by Crippen LogP contribution is 2.27. The maximum Gasteiger partial charge on any atom is 0.122 e. The van der Waals surface area contributed by atoms with Crippen molar-refractivity contribution in [3.63, 3.8) is 0 Å². The molecule has 3 N–H and O–H groups in total. The van der Waals surface area contributed by atoms with Gasteiger partial charge in [-0.15, -0.1) is 0 Å². The number of hydrogen-bond acceptors (Lipinski definition) is 5. The van der Waals surface area contributed by atoms with E-state index in [1.807, 2.05) is 17.8 Å². The minimum absolute atomic E-state index is 0.0103. The van der Waals surface area contributed by atoms with Gasteiger partial charge in [-0.3, -0.25) is 0 Å². The van der Waals surface area contributed by atoms with Crippen LogP contribution in [0.15, 0.2) is 12.4 Å². The van der Waals surface area contributed by atoms with Gasteiger partial charge in [-0.2, -0.15) is 0 Å². The van der Waals surface area contributed by atoms with Gasteiger partial charge in [0.2, 0.25) is 0 Å². The summed E-state index contributed by atoms with van der Waals surface area (Å²) in [5.41, 5.74) is 0. The number of rotatable bonds is 5. The normalized spacial score (nSPS) is 32.0. The van der Waals surface area contributed by atoms with E-state index in [1.165, 1.54) is 0 Å². The number of nitrogens with zero attached hydrogens (tertiary/aromatic N) is 2. The Labute approximate surface area is 107 Å². The van der Waals surface area contributed by atoms with Crippen molar-refractivity contribution in [2.45, 2.75) is 31.2 Å². The van der Waals surface area contributed by atoms with Crippen LogP contribution in [-0.4, -0.2) is 51.7 Å². The molecule has 6 heteroatoms. The Morgan fingerprint density at radius 1 is 1.50 bits per heavy atom. The first kappa shape index (κ1) is 13.5. The molecule has 0 amide bonds. The van der Waals surface area contributed by atoms with Crippen LogP contribution in [0.3, 0.4) is 0 Å². The van der Waals surface area contributed by atoms with Crippen molar-refractivity contribution >= 4 is 0 Å². The maximum absolute atomic E-state index is 9.96. The SMILES string of the molecule is COC[C@H]1C[C@@H](NCc2nccn2C)[C@H](O)[C@@H]1O. The summed E-state index contributed by atoms with van der Waals surface area (Å²) in [6.07, 6.45) is 2.87. The molecule has 102 valence electrons. The molecule has 0 saturated heterocycles. The van der Waals surface area contributed by atoms with E-state index in [4.69, 9.17) is 4.74 Å². The Morgan fingerprint density at radius 3 is 2.89 bits per heavy atom. The molecule has 1 aromatic rings. The lowest BCUT2D eigenvalue weighted by Crippen LogP contribution is -2.40. The lowest BCUT2D eigenvalue weighted by molar-refractivity contribution is -0.00603. The van der Waals surface area contributed by atoms with Crippen molar-refractivity contribution in [3.05, 3.63) is 18.2 Å². The molecule has 4 atom stereocenters. The van der Waals surface area contributed by atoms with Crippen LogP contribution < -0.4 is 5.32 Å². The lowest BCUT2D eigenvalue weighted by Gasteiger charge is -2.17. The van der Waals surface area contributed by atoms with Crippen LogP contribution in [0.5, 0.6) is 0 Å². The van der Waals surface area contributed by atoms with E-state index in [0.717, 1.165) is 5.82 Å². The Balaban J connectivity index is 1.88. The molecule has 2 rings (SSSR count). The molecule has 0 unspecified atom stereocenters. The predicted molar refractivity (Wildman–Crippen MR) is 65.8 cm³/mol. The number of aliphatic hydroxyl groups is 2. The Bertz CT molecular complexity index is 382. The average Bonchev–Trinajstić information content (AvgIpc) is 2.87. The zero-order chi connectivity index (χ0) is 13.1. The van der Waals surface area contributed by atoms with Crippen molar-refractivity contribution in [2.75, 3.05) is 13.7 Å². The second kappa shape index (κ2) is 5.79. The van der Waals surface area contributed by atoms with Crippen LogP contribution in [0, 0.1) is 5.92 Å². The van der Waals surface area contributed by atoms with Gasteiger partial charge in [-0.05, 0) is 6.42 Å². The van der Waals surface area contributed by atoms with Gasteiger partial charge in [0.05, 0.1) is 25.4 Å². The van der Waals surface area contributed by atoms with Crippen molar-refractivity contribution < 1.29 is 14.9 Å². The zero-order valence-corrected chi connectivity index (χ0v) is 10.8. The highest BCUT2D eigenvalue weighted by atomic mass is 16.5. The molecule has 1 aliphatic carbocycles. The molecule has 0 bridgehead atoms. The van der Waals surface area contributed by atoms with E-state index in [0.29, 0.717) is 19.6 Å². The molecular weight excluding hydrogens is 234 g/mol. The molecule has 0 aliphatic heterocycles. The summed E-state index contributed by atoms with van der Waals surface area (Å²) in [6.45, 7) is 1.05. The zero-order valence-electron chi connectivity index (χ0n) is 10.8. The fourth-order valence-corrected chi connectivity index (χ4v) is 2.50. The molecule has 1 saturated carbocycles. The molecule has 0 radical (unpaired) electrons. The van der Waals surface area contributed by atoms with Crippen LogP contribution in [0.4, 0.5) is 0 Å². The standard InChI is InChI=1S/C12H21N3O3/c1-15-4-3-13-10(15)6-14-9-5-8(7-18-2)11(16)12(9)17/h3-4,8-9,11-12,14,16-17H,5-7H2,1-2H3/t8-,9-,11-,12+/m1/s1. The highest BCUT2D eigenvalue weighted by Gasteiger charge is 2.41. The molecule has 1 aromatic heterocycles. The number of methoxy groups -OCH3 is 1. The van der Waals surface area contributed by atoms with Gasteiger partial charge in [-0.1, -0.05) is 0 Å². The van der Waals surface area contributed by atoms with Crippen molar-refractivity contribution in [1.82, 2.24) is 14.9 Å². The first-order valence-electron chi connectivity index (χ1n) is 6.18. The summed E-state index contributed by atoms with van der Waals surface area (Å²) in [6, 6.07) is -0.114. The molecule has 6 nitrogen and oxygen atoms in total. The van der Waals surface area contributed by atoms with E-state index in [-0.39, 0.29) is 12.0 Å². The van der Waals surface area contributed by atoms with Crippen LogP contribution in [-0.2, 0) is 18.3 Å². The van der Waals surface area contributed by atoms with Crippen molar-refractivity contribution in [2.24, 2.45) is 13.0 Å². The molecule has 0 aromatic carbocycles. The number of hydrogen-bond donors (Lipinski definition) is 3. The fourth-order valence-electron chi connectivity index (χ4n) is 2.50. The van der Waals surface area contributed by atoms with Crippen molar-refractivity contribution in [3.8, 4) is 0 Å². The number of imidazole rings is 1. The van der Waals surface area contributed by atoms with Gasteiger partial charge in [0.1, 0.15) is 5.82 Å². The summed E-state index contributed by atoms with van der Waals surface area (Å²) in [4.78, 5) is 4.21. The third-order valence-corrected chi connectivity index (χ3v) is 3.63. The highest BCUT2D eigenvalue weighted by molar-refractivity contribution is 4.97. The monoisotopic (exact) mass is 255 g/mol. The predicted octanol–water partition coefficient (Wildman–Crippen LogP) is -0.734. The molecule has 0 spiro atoms. The summed E-state index contributed by atoms with van der Waals surface area (Å²) >= 11 is 0. The first-order chi connectivity index (χ1) is 8.63. The first-order valence-corrected chi connectivity index (χ1v) is 6.18. The summed E-state index contributed by atoms with van der Waals surface area (Å²) in [7, 11) is 3.53. The summed E-state index contributed by atoms with van der Waals surface area (Å²) in [5, 5.41) is 23.1. The minimum atomic E-state index is -0.745. The van der Waals surface area contributed by atoms with E-state index >= 15 is 0 Å². The molecular formula is C12H21N3O3. The van der Waals surface area contributed by atoms with Crippen LogP contribution in [0.25, 0.3) is 0 Å². The Morgan fingerprint density at radius 2 is 2.28 bits per heavy atom. The second-order valence-corrected chi connectivity index (χ2v) is 4.87. The van der Waals surface area contributed by atoms with Crippen LogP contribution >= 0.6 is 0 Å². The second-order valence-electron chi connectivity index (χ2n) is 4.87. The summed E-state index contributed by atoms with van der Waals surface area (Å²) in [5.74, 6) is 0.899. The summed E-state index contributed by atoms with van der Waals surface area (Å²) < 4.78 is 6.97. The number of aromatic nitrogens is 2. The van der Waals surface area contributed by atoms with E-state index < -0.39 is 12.2 Å². The molecule has 1 fully saturated rings. The average molecular weight is 255 g/mol. The number of ether oxygens (including phenoxy) is 1.